The van der Waals surface area contributed by atoms with Crippen LogP contribution in [-0.4, -0.2) is 39.6 Å². The molecule has 0 bridgehead atoms. The summed E-state index contributed by atoms with van der Waals surface area (Å²) < 4.78 is 13.2. The third kappa shape index (κ3) is 6.37. The van der Waals surface area contributed by atoms with Crippen LogP contribution < -0.4 is 19.9 Å². The Hall–Kier alpha value is -4.07. The maximum atomic E-state index is 13.8. The first kappa shape index (κ1) is 30.9. The minimum absolute atomic E-state index is 0.121. The van der Waals surface area contributed by atoms with Gasteiger partial charge in [-0.15, -0.1) is 0 Å². The molecule has 0 saturated carbocycles. The van der Waals surface area contributed by atoms with E-state index in [0.29, 0.717) is 45.3 Å². The SMILES string of the molecule is CCCCn1c(N2CCC(Cc3ccccc3)CC2)c(C=C2SC(=S)N(Cc3ccc4c(c3)OCO4)C2=O)c(C)c(C#N)c1=O. The molecule has 10 heteroatoms. The Morgan fingerprint density at radius 2 is 1.82 bits per heavy atom. The second kappa shape index (κ2) is 13.5. The van der Waals surface area contributed by atoms with Crippen LogP contribution in [0.2, 0.25) is 0 Å². The third-order valence-corrected chi connectivity index (χ3v) is 10.2. The average Bonchev–Trinajstić information content (AvgIpc) is 3.62. The zero-order valence-corrected chi connectivity index (χ0v) is 27.2. The van der Waals surface area contributed by atoms with Crippen LogP contribution >= 0.6 is 24.0 Å². The van der Waals surface area contributed by atoms with E-state index < -0.39 is 0 Å². The first-order valence-electron chi connectivity index (χ1n) is 15.5. The van der Waals surface area contributed by atoms with Crippen molar-refractivity contribution >= 4 is 46.1 Å². The first-order valence-corrected chi connectivity index (χ1v) is 16.7. The van der Waals surface area contributed by atoms with Crippen molar-refractivity contribution in [1.29, 1.82) is 5.26 Å². The number of hydrogen-bond donors (Lipinski definition) is 0. The van der Waals surface area contributed by atoms with Gasteiger partial charge in [-0.2, -0.15) is 5.26 Å². The molecule has 4 heterocycles. The zero-order valence-electron chi connectivity index (χ0n) is 25.6. The molecule has 0 unspecified atom stereocenters. The summed E-state index contributed by atoms with van der Waals surface area (Å²) in [5.41, 5.74) is 3.42. The highest BCUT2D eigenvalue weighted by atomic mass is 32.2. The van der Waals surface area contributed by atoms with Crippen LogP contribution in [0.25, 0.3) is 6.08 Å². The number of benzene rings is 2. The molecule has 0 N–H and O–H groups in total. The lowest BCUT2D eigenvalue weighted by Gasteiger charge is -2.36. The van der Waals surface area contributed by atoms with E-state index in [1.54, 1.807) is 9.47 Å². The Kier molecular flexibility index (Phi) is 9.29. The van der Waals surface area contributed by atoms with Gasteiger partial charge >= 0.3 is 0 Å². The van der Waals surface area contributed by atoms with Gasteiger partial charge < -0.3 is 14.4 Å². The fourth-order valence-electron chi connectivity index (χ4n) is 6.29. The summed E-state index contributed by atoms with van der Waals surface area (Å²) in [5.74, 6) is 2.49. The Balaban J connectivity index is 1.33. The van der Waals surface area contributed by atoms with Gasteiger partial charge in [0.05, 0.1) is 11.4 Å². The summed E-state index contributed by atoms with van der Waals surface area (Å²) in [6.45, 7) is 6.48. The monoisotopic (exact) mass is 640 g/mol. The lowest BCUT2D eigenvalue weighted by atomic mass is 9.90. The molecule has 0 radical (unpaired) electrons. The Morgan fingerprint density at radius 3 is 2.56 bits per heavy atom. The molecule has 0 atom stereocenters. The highest BCUT2D eigenvalue weighted by molar-refractivity contribution is 8.26. The third-order valence-electron chi connectivity index (χ3n) is 8.79. The van der Waals surface area contributed by atoms with Gasteiger partial charge in [-0.3, -0.25) is 19.1 Å². The summed E-state index contributed by atoms with van der Waals surface area (Å²) in [6, 6.07) is 18.3. The van der Waals surface area contributed by atoms with Crippen molar-refractivity contribution in [2.75, 3.05) is 24.8 Å². The molecule has 0 spiro atoms. The molecule has 3 aliphatic rings. The number of pyridine rings is 1. The van der Waals surface area contributed by atoms with Gasteiger partial charge in [0.1, 0.15) is 21.8 Å². The van der Waals surface area contributed by atoms with Crippen molar-refractivity contribution in [3.8, 4) is 17.6 Å². The topological polar surface area (TPSA) is 87.8 Å². The van der Waals surface area contributed by atoms with Crippen LogP contribution in [0.15, 0.2) is 58.2 Å². The van der Waals surface area contributed by atoms with E-state index in [1.807, 2.05) is 37.3 Å². The largest absolute Gasteiger partial charge is 0.454 e. The van der Waals surface area contributed by atoms with E-state index in [1.165, 1.54) is 17.3 Å². The second-order valence-electron chi connectivity index (χ2n) is 11.7. The number of anilines is 1. The molecule has 1 aromatic heterocycles. The van der Waals surface area contributed by atoms with Crippen LogP contribution in [0.1, 0.15) is 60.4 Å². The van der Waals surface area contributed by atoms with Crippen molar-refractivity contribution < 1.29 is 14.3 Å². The van der Waals surface area contributed by atoms with Gasteiger partial charge in [0, 0.05) is 25.2 Å². The van der Waals surface area contributed by atoms with Gasteiger partial charge in [-0.1, -0.05) is 73.7 Å². The van der Waals surface area contributed by atoms with Gasteiger partial charge in [0.2, 0.25) is 6.79 Å². The number of rotatable bonds is 9. The molecule has 0 aliphatic carbocycles. The van der Waals surface area contributed by atoms with E-state index in [-0.39, 0.29) is 23.8 Å². The molecule has 8 nitrogen and oxygen atoms in total. The quantitative estimate of drug-likeness (QED) is 0.196. The van der Waals surface area contributed by atoms with E-state index >= 15 is 0 Å². The summed E-state index contributed by atoms with van der Waals surface area (Å²) in [4.78, 5) is 31.9. The summed E-state index contributed by atoms with van der Waals surface area (Å²) in [5, 5.41) is 10.1. The molecule has 2 saturated heterocycles. The molecule has 232 valence electrons. The number of fused-ring (bicyclic) bond motifs is 1. The Morgan fingerprint density at radius 1 is 1.07 bits per heavy atom. The number of thioether (sulfide) groups is 1. The molecule has 3 aromatic rings. The standard InChI is InChI=1S/C35H36N4O4S2/c1-3-4-14-38-32(37-15-12-25(13-16-37)17-24-8-6-5-7-9-24)27(23(2)28(20-36)33(38)40)19-31-34(41)39(35(44)45-31)21-26-10-11-29-30(18-26)43-22-42-29/h5-11,18-19,25H,3-4,12-17,21-22H2,1-2H3. The molecule has 45 heavy (non-hydrogen) atoms. The van der Waals surface area contributed by atoms with Crippen molar-refractivity contribution in [1.82, 2.24) is 9.47 Å². The number of ether oxygens (including phenoxy) is 2. The van der Waals surface area contributed by atoms with Gasteiger partial charge in [0.25, 0.3) is 11.5 Å². The molecule has 3 aliphatic heterocycles. The lowest BCUT2D eigenvalue weighted by molar-refractivity contribution is -0.122. The molecule has 2 aromatic carbocycles. The van der Waals surface area contributed by atoms with Gasteiger partial charge in [0.15, 0.2) is 11.5 Å². The summed E-state index contributed by atoms with van der Waals surface area (Å²) in [6.07, 6.45) is 6.59. The Labute approximate surface area is 273 Å². The normalized spacial score (nSPS) is 17.4. The van der Waals surface area contributed by atoms with E-state index in [0.717, 1.165) is 62.1 Å². The van der Waals surface area contributed by atoms with Crippen LogP contribution in [0.3, 0.4) is 0 Å². The Bertz CT molecular complexity index is 1750. The maximum Gasteiger partial charge on any atom is 0.270 e. The van der Waals surface area contributed by atoms with Gasteiger partial charge in [-0.05, 0) is 73.4 Å². The van der Waals surface area contributed by atoms with Crippen LogP contribution in [0, 0.1) is 24.2 Å². The predicted octanol–water partition coefficient (Wildman–Crippen LogP) is 6.42. The molecule has 6 rings (SSSR count). The van der Waals surface area contributed by atoms with Crippen molar-refractivity contribution in [2.45, 2.75) is 59.0 Å². The first-order chi connectivity index (χ1) is 21.9. The second-order valence-corrected chi connectivity index (χ2v) is 13.4. The van der Waals surface area contributed by atoms with E-state index in [2.05, 4.69) is 42.2 Å². The fraction of sp³-hybridized carbons (Fsp3) is 0.371. The van der Waals surface area contributed by atoms with Crippen LogP contribution in [0.4, 0.5) is 5.82 Å². The molecular formula is C35H36N4O4S2. The van der Waals surface area contributed by atoms with Gasteiger partial charge in [-0.25, -0.2) is 0 Å². The number of thiocarbonyl (C=S) groups is 1. The minimum atomic E-state index is -0.266. The number of nitrogens with zero attached hydrogens (tertiary/aromatic N) is 4. The predicted molar refractivity (Wildman–Crippen MR) is 181 cm³/mol. The summed E-state index contributed by atoms with van der Waals surface area (Å²) in [7, 11) is 0. The number of hydrogen-bond acceptors (Lipinski definition) is 8. The smallest absolute Gasteiger partial charge is 0.270 e. The molecule has 2 fully saturated rings. The lowest BCUT2D eigenvalue weighted by Crippen LogP contribution is -2.40. The highest BCUT2D eigenvalue weighted by Gasteiger charge is 2.34. The highest BCUT2D eigenvalue weighted by Crippen LogP contribution is 2.39. The fourth-order valence-corrected chi connectivity index (χ4v) is 7.53. The number of carbonyl (C=O) groups is 1. The number of aromatic nitrogens is 1. The maximum absolute atomic E-state index is 13.8. The average molecular weight is 641 g/mol. The molecular weight excluding hydrogens is 605 g/mol. The van der Waals surface area contributed by atoms with Crippen molar-refractivity contribution in [3.63, 3.8) is 0 Å². The molecule has 1 amide bonds. The zero-order chi connectivity index (χ0) is 31.5. The number of carbonyl (C=O) groups excluding carboxylic acids is 1. The number of amides is 1. The number of piperidine rings is 1. The minimum Gasteiger partial charge on any atom is -0.454 e. The van der Waals surface area contributed by atoms with E-state index in [4.69, 9.17) is 21.7 Å². The van der Waals surface area contributed by atoms with Crippen molar-refractivity contribution in [3.05, 3.63) is 91.6 Å². The van der Waals surface area contributed by atoms with Crippen molar-refractivity contribution in [2.24, 2.45) is 5.92 Å². The van der Waals surface area contributed by atoms with E-state index in [9.17, 15) is 14.9 Å². The summed E-state index contributed by atoms with van der Waals surface area (Å²) >= 11 is 6.93. The number of nitriles is 1. The van der Waals surface area contributed by atoms with Crippen LogP contribution in [-0.2, 0) is 24.3 Å². The van der Waals surface area contributed by atoms with Crippen LogP contribution in [0.5, 0.6) is 11.5 Å². The number of unbranched alkanes of at least 4 members (excludes halogenated alkanes) is 1.